The lowest BCUT2D eigenvalue weighted by Gasteiger charge is -1.79. The van der Waals surface area contributed by atoms with E-state index >= 15 is 0 Å². The molecule has 0 saturated heterocycles. The smallest absolute Gasteiger partial charge is 0 e. The van der Waals surface area contributed by atoms with Crippen molar-refractivity contribution in [1.29, 1.82) is 0 Å². The molecule has 0 fully saturated rings. The Labute approximate surface area is 158 Å². The number of rotatable bonds is 1. The molecule has 0 heterocycles. The van der Waals surface area contributed by atoms with Gasteiger partial charge in [-0.2, -0.15) is 0 Å². The minimum atomic E-state index is 0.921. The molecule has 0 rings (SSSR count). The monoisotopic (exact) mass is 334 g/mol. The fourth-order valence-electron chi connectivity index (χ4n) is 0.833. The van der Waals surface area contributed by atoms with E-state index in [2.05, 4.69) is 133 Å². The number of allylic oxidation sites excluding steroid dienone is 1. The van der Waals surface area contributed by atoms with Crippen LogP contribution >= 0.6 is 0 Å². The maximum atomic E-state index is 3.31. The third-order valence-electron chi connectivity index (χ3n) is 2.08. The summed E-state index contributed by atoms with van der Waals surface area (Å²) in [5.41, 5.74) is 56.9. The second-order valence-corrected chi connectivity index (χ2v) is 3.94. The molecule has 0 atom stereocenters. The molecule has 118 valence electrons. The zero-order valence-electron chi connectivity index (χ0n) is 14.9. The Kier molecular flexibility index (Phi) is 15.4. The van der Waals surface area contributed by atoms with Crippen LogP contribution in [0, 0.1) is 0 Å². The third-order valence-corrected chi connectivity index (χ3v) is 2.08. The maximum Gasteiger partial charge on any atom is 0 e. The van der Waals surface area contributed by atoms with Crippen LogP contribution in [-0.4, -0.2) is 0 Å². The second kappa shape index (κ2) is 18.9. The summed E-state index contributed by atoms with van der Waals surface area (Å²) in [5, 5.41) is 0. The van der Waals surface area contributed by atoms with Gasteiger partial charge >= 0.3 is 0 Å². The highest BCUT2D eigenvalue weighted by Crippen LogP contribution is 1.91. The lowest BCUT2D eigenvalue weighted by molar-refractivity contribution is 1.11. The van der Waals surface area contributed by atoms with Gasteiger partial charge < -0.3 is 0 Å². The quantitative estimate of drug-likeness (QED) is 0.564. The SMILES string of the molecule is C=C=C=C=C=C=C=C=C=C=C=C=C=C=C=C=C=C=C=C=C=C=C=C(C)CC. The normalized spacial score (nSPS) is 4.67. The van der Waals surface area contributed by atoms with E-state index in [4.69, 9.17) is 0 Å². The minimum absolute atomic E-state index is 0.921. The van der Waals surface area contributed by atoms with Crippen LogP contribution in [0.1, 0.15) is 20.3 Å². The molecule has 0 unspecified atom stereocenters. The Morgan fingerprint density at radius 1 is 0.481 bits per heavy atom. The van der Waals surface area contributed by atoms with Crippen molar-refractivity contribution in [3.8, 4) is 0 Å². The lowest BCUT2D eigenvalue weighted by atomic mass is 10.3. The van der Waals surface area contributed by atoms with E-state index in [1.807, 2.05) is 13.8 Å². The summed E-state index contributed by atoms with van der Waals surface area (Å²) in [5.74, 6) is 0. The van der Waals surface area contributed by atoms with Crippen molar-refractivity contribution in [2.45, 2.75) is 20.3 Å². The minimum Gasteiger partial charge on any atom is -0.0687 e. The Bertz CT molecular complexity index is 1430. The topological polar surface area (TPSA) is 0 Å². The Balaban J connectivity index is 5.85. The summed E-state index contributed by atoms with van der Waals surface area (Å²) in [4.78, 5) is 0. The molecular weight excluding hydrogens is 324 g/mol. The van der Waals surface area contributed by atoms with Gasteiger partial charge in [0.05, 0.1) is 0 Å². The average molecular weight is 334 g/mol. The largest absolute Gasteiger partial charge is 0.0687 e. The second-order valence-electron chi connectivity index (χ2n) is 3.94. The molecule has 0 N–H and O–H groups in total. The number of hydrogen-bond donors (Lipinski definition) is 0. The molecule has 0 spiro atoms. The first kappa shape index (κ1) is 21.9. The predicted octanol–water partition coefficient (Wildman–Crippen LogP) is 5.38. The molecule has 27 heavy (non-hydrogen) atoms. The molecule has 0 aliphatic carbocycles. The van der Waals surface area contributed by atoms with E-state index in [-0.39, 0.29) is 0 Å². The summed E-state index contributed by atoms with van der Waals surface area (Å²) in [6, 6.07) is 0. The Morgan fingerprint density at radius 3 is 1.00 bits per heavy atom. The van der Waals surface area contributed by atoms with E-state index < -0.39 is 0 Å². The fourth-order valence-corrected chi connectivity index (χ4v) is 0.833. The van der Waals surface area contributed by atoms with E-state index in [0.717, 1.165) is 12.0 Å². The molecule has 0 aliphatic rings. The molecule has 0 aromatic heterocycles. The van der Waals surface area contributed by atoms with Crippen molar-refractivity contribution in [2.75, 3.05) is 0 Å². The van der Waals surface area contributed by atoms with Crippen molar-refractivity contribution in [3.63, 3.8) is 0 Å². The summed E-state index contributed by atoms with van der Waals surface area (Å²) in [6.07, 6.45) is 0.921. The van der Waals surface area contributed by atoms with Crippen LogP contribution in [0.25, 0.3) is 0 Å². The van der Waals surface area contributed by atoms with Gasteiger partial charge in [-0.05, 0) is 117 Å². The fraction of sp³-hybridized carbons (Fsp3) is 0.111. The van der Waals surface area contributed by atoms with Gasteiger partial charge in [0.2, 0.25) is 0 Å². The highest BCUT2D eigenvalue weighted by Gasteiger charge is 1.73. The molecule has 0 radical (unpaired) electrons. The first-order chi connectivity index (χ1) is 13.3. The van der Waals surface area contributed by atoms with E-state index in [0.29, 0.717) is 0 Å². The molecule has 0 amide bonds. The van der Waals surface area contributed by atoms with Gasteiger partial charge in [0.25, 0.3) is 0 Å². The zero-order chi connectivity index (χ0) is 19.8. The molecule has 0 heteroatoms. The van der Waals surface area contributed by atoms with Crippen LogP contribution in [0.5, 0.6) is 0 Å². The maximum absolute atomic E-state index is 3.31. The van der Waals surface area contributed by atoms with E-state index in [9.17, 15) is 0 Å². The number of hydrogen-bond acceptors (Lipinski definition) is 0. The summed E-state index contributed by atoms with van der Waals surface area (Å²) >= 11 is 0. The van der Waals surface area contributed by atoms with Crippen LogP contribution in [0.2, 0.25) is 0 Å². The van der Waals surface area contributed by atoms with Crippen LogP contribution in [0.3, 0.4) is 0 Å². The van der Waals surface area contributed by atoms with Gasteiger partial charge in [0.1, 0.15) is 0 Å². The van der Waals surface area contributed by atoms with Crippen molar-refractivity contribution in [1.82, 2.24) is 0 Å². The summed E-state index contributed by atoms with van der Waals surface area (Å²) in [7, 11) is 0. The van der Waals surface area contributed by atoms with Crippen LogP contribution in [-0.2, 0) is 0 Å². The average Bonchev–Trinajstić information content (AvgIpc) is 2.68. The molecule has 0 aromatic rings. The summed E-state index contributed by atoms with van der Waals surface area (Å²) in [6.45, 7) is 7.31. The molecule has 0 aromatic carbocycles. The van der Waals surface area contributed by atoms with Gasteiger partial charge in [-0.1, -0.05) is 18.4 Å². The molecule has 0 aliphatic heterocycles. The Morgan fingerprint density at radius 2 is 0.741 bits per heavy atom. The van der Waals surface area contributed by atoms with Crippen molar-refractivity contribution in [2.24, 2.45) is 0 Å². The van der Waals surface area contributed by atoms with Crippen molar-refractivity contribution in [3.05, 3.63) is 138 Å². The Hall–Kier alpha value is -5.10. The first-order valence-electron chi connectivity index (χ1n) is 7.41. The van der Waals surface area contributed by atoms with Crippen LogP contribution < -0.4 is 0 Å². The van der Waals surface area contributed by atoms with Gasteiger partial charge in [0, 0.05) is 22.9 Å². The van der Waals surface area contributed by atoms with Gasteiger partial charge in [-0.25, -0.2) is 0 Å². The highest BCUT2D eigenvalue weighted by atomic mass is 13.8. The first-order valence-corrected chi connectivity index (χ1v) is 7.41. The molecule has 0 saturated carbocycles. The predicted molar refractivity (Wildman–Crippen MR) is 102 cm³/mol. The van der Waals surface area contributed by atoms with E-state index in [1.165, 1.54) is 0 Å². The molecule has 0 bridgehead atoms. The van der Waals surface area contributed by atoms with Gasteiger partial charge in [0.15, 0.2) is 0 Å². The highest BCUT2D eigenvalue weighted by molar-refractivity contribution is 4.98. The van der Waals surface area contributed by atoms with Gasteiger partial charge in [-0.3, -0.25) is 0 Å². The van der Waals surface area contributed by atoms with Crippen LogP contribution in [0.4, 0.5) is 0 Å². The van der Waals surface area contributed by atoms with Gasteiger partial charge in [-0.15, -0.1) is 0 Å². The summed E-state index contributed by atoms with van der Waals surface area (Å²) < 4.78 is 0. The zero-order valence-corrected chi connectivity index (χ0v) is 14.9. The van der Waals surface area contributed by atoms with E-state index in [1.54, 1.807) is 0 Å². The van der Waals surface area contributed by atoms with Crippen molar-refractivity contribution >= 4 is 0 Å². The molecular formula is C27H10. The standard InChI is InChI=1S/C27H10/c1-4-6-7-8-9-10-11-12-13-14-15-16-17-18-19-20-21-22-23-24-25-26-27(3)5-2/h1,5H2,2-3H3. The van der Waals surface area contributed by atoms with Crippen LogP contribution in [0.15, 0.2) is 138 Å². The third kappa shape index (κ3) is 18.9. The lowest BCUT2D eigenvalue weighted by Crippen LogP contribution is -1.61. The van der Waals surface area contributed by atoms with Crippen molar-refractivity contribution < 1.29 is 0 Å². The molecule has 0 nitrogen and oxygen atoms in total.